The van der Waals surface area contributed by atoms with Gasteiger partial charge in [0.15, 0.2) is 11.5 Å². The van der Waals surface area contributed by atoms with Gasteiger partial charge in [0.1, 0.15) is 28.5 Å². The summed E-state index contributed by atoms with van der Waals surface area (Å²) in [6.07, 6.45) is 10.3. The summed E-state index contributed by atoms with van der Waals surface area (Å²) < 4.78 is 13.7. The number of methoxy groups -OCH3 is 1. The molecule has 1 unspecified atom stereocenters. The third-order valence-corrected chi connectivity index (χ3v) is 9.60. The maximum absolute atomic E-state index is 13.0. The summed E-state index contributed by atoms with van der Waals surface area (Å²) in [5.41, 5.74) is 3.08. The van der Waals surface area contributed by atoms with E-state index in [0.29, 0.717) is 60.0 Å². The second-order valence-electron chi connectivity index (χ2n) is 13.7. The van der Waals surface area contributed by atoms with Gasteiger partial charge in [-0.15, -0.1) is 0 Å². The molecule has 7 rings (SSSR count). The zero-order valence-electron chi connectivity index (χ0n) is 30.5. The van der Waals surface area contributed by atoms with Gasteiger partial charge in [-0.1, -0.05) is 18.2 Å². The predicted molar refractivity (Wildman–Crippen MR) is 206 cm³/mol. The summed E-state index contributed by atoms with van der Waals surface area (Å²) in [6, 6.07) is 21.0. The van der Waals surface area contributed by atoms with E-state index in [4.69, 9.17) is 19.6 Å². The fourth-order valence-electron chi connectivity index (χ4n) is 6.39. The van der Waals surface area contributed by atoms with Crippen LogP contribution in [0.15, 0.2) is 91.3 Å². The van der Waals surface area contributed by atoms with E-state index in [9.17, 15) is 9.59 Å². The van der Waals surface area contributed by atoms with Crippen molar-refractivity contribution >= 4 is 40.2 Å². The molecule has 2 aliphatic rings. The van der Waals surface area contributed by atoms with Crippen molar-refractivity contribution in [2.45, 2.75) is 37.9 Å². The van der Waals surface area contributed by atoms with E-state index in [1.54, 1.807) is 49.8 Å². The molecule has 2 amide bonds. The van der Waals surface area contributed by atoms with E-state index in [0.717, 1.165) is 35.4 Å². The summed E-state index contributed by atoms with van der Waals surface area (Å²) in [4.78, 5) is 41.2. The lowest BCUT2D eigenvalue weighted by Gasteiger charge is -2.16. The van der Waals surface area contributed by atoms with Crippen molar-refractivity contribution in [1.29, 1.82) is 0 Å². The van der Waals surface area contributed by atoms with Crippen molar-refractivity contribution in [2.24, 2.45) is 0 Å². The van der Waals surface area contributed by atoms with E-state index in [2.05, 4.69) is 27.6 Å². The Morgan fingerprint density at radius 3 is 2.43 bits per heavy atom. The fourth-order valence-corrected chi connectivity index (χ4v) is 6.39. The van der Waals surface area contributed by atoms with Crippen LogP contribution >= 0.6 is 0 Å². The lowest BCUT2D eigenvalue weighted by atomic mass is 10.2. The van der Waals surface area contributed by atoms with Crippen LogP contribution in [0.5, 0.6) is 17.2 Å². The maximum atomic E-state index is 13.0. The van der Waals surface area contributed by atoms with Crippen LogP contribution in [0, 0.1) is 0 Å². The van der Waals surface area contributed by atoms with Gasteiger partial charge in [0, 0.05) is 87.7 Å². The summed E-state index contributed by atoms with van der Waals surface area (Å²) in [6.45, 7) is 2.47. The summed E-state index contributed by atoms with van der Waals surface area (Å²) in [5, 5.41) is 12.2. The Balaban J connectivity index is 1.09. The van der Waals surface area contributed by atoms with Gasteiger partial charge in [-0.2, -0.15) is 5.10 Å². The Bertz CT molecular complexity index is 2090. The van der Waals surface area contributed by atoms with Gasteiger partial charge in [0.05, 0.1) is 13.7 Å². The second kappa shape index (κ2) is 15.7. The normalized spacial score (nSPS) is 15.6. The van der Waals surface area contributed by atoms with Gasteiger partial charge >= 0.3 is 0 Å². The Morgan fingerprint density at radius 2 is 1.70 bits per heavy atom. The molecule has 274 valence electrons. The molecule has 53 heavy (non-hydrogen) atoms. The van der Waals surface area contributed by atoms with Crippen LogP contribution in [0.25, 0.3) is 11.0 Å². The van der Waals surface area contributed by atoms with Gasteiger partial charge < -0.3 is 29.9 Å². The molecule has 3 aromatic heterocycles. The number of nitrogens with one attached hydrogen (secondary N) is 2. The lowest BCUT2D eigenvalue weighted by Crippen LogP contribution is -2.30. The van der Waals surface area contributed by atoms with Crippen molar-refractivity contribution in [3.8, 4) is 17.2 Å². The highest BCUT2D eigenvalue weighted by molar-refractivity contribution is 6.04. The smallest absolute Gasteiger partial charge is 0.256 e. The number of rotatable bonds is 14. The number of pyridine rings is 2. The molecule has 0 radical (unpaired) electrons. The van der Waals surface area contributed by atoms with E-state index in [-0.39, 0.29) is 17.9 Å². The minimum atomic E-state index is -0.275. The van der Waals surface area contributed by atoms with Crippen LogP contribution in [0.3, 0.4) is 0 Å². The van der Waals surface area contributed by atoms with Crippen LogP contribution in [-0.2, 0) is 11.3 Å². The van der Waals surface area contributed by atoms with Gasteiger partial charge in [0.2, 0.25) is 5.91 Å². The van der Waals surface area contributed by atoms with Gasteiger partial charge in [0.25, 0.3) is 5.91 Å². The number of benzene rings is 2. The molecule has 0 bridgehead atoms. The number of fused-ring (bicyclic) bond motifs is 1. The van der Waals surface area contributed by atoms with Crippen molar-refractivity contribution in [2.75, 3.05) is 63.4 Å². The van der Waals surface area contributed by atoms with E-state index in [1.165, 1.54) is 12.8 Å². The molecule has 13 nitrogen and oxygen atoms in total. The quantitative estimate of drug-likeness (QED) is 0.139. The van der Waals surface area contributed by atoms with Crippen molar-refractivity contribution in [3.63, 3.8) is 0 Å². The molecule has 2 fully saturated rings. The van der Waals surface area contributed by atoms with Gasteiger partial charge in [-0.05, 0) is 74.3 Å². The molecule has 1 saturated heterocycles. The van der Waals surface area contributed by atoms with Crippen LogP contribution in [-0.4, -0.2) is 101 Å². The van der Waals surface area contributed by atoms with Gasteiger partial charge in [-0.3, -0.25) is 14.5 Å². The monoisotopic (exact) mass is 715 g/mol. The number of hydrogen-bond donors (Lipinski definition) is 2. The predicted octanol–water partition coefficient (Wildman–Crippen LogP) is 5.66. The maximum Gasteiger partial charge on any atom is 0.256 e. The average Bonchev–Trinajstić information content (AvgIpc) is 3.83. The molecule has 1 saturated carbocycles. The Kier molecular flexibility index (Phi) is 10.5. The number of hydrogen-bond acceptors (Lipinski definition) is 10. The first-order valence-electron chi connectivity index (χ1n) is 17.9. The van der Waals surface area contributed by atoms with Crippen LogP contribution < -0.4 is 25.0 Å². The van der Waals surface area contributed by atoms with Crippen LogP contribution in [0.4, 0.5) is 17.3 Å². The SMILES string of the molecule is COc1ccc(Cn2nc(NC3CCN(C(=O)/C=C/CN(C)C4CC4)C3)c3c(Oc4ccc(C(=O)Nc5cc(N(C)C)ccn5)cc4)ccnc32)cc1. The molecule has 1 aliphatic carbocycles. The number of nitrogens with zero attached hydrogens (tertiary/aromatic N) is 7. The Hall–Kier alpha value is -5.95. The third-order valence-electron chi connectivity index (χ3n) is 9.60. The molecule has 1 atom stereocenters. The number of carbonyl (C=O) groups excluding carboxylic acids is 2. The van der Waals surface area contributed by atoms with Gasteiger partial charge in [-0.25, -0.2) is 14.6 Å². The van der Waals surface area contributed by atoms with Crippen molar-refractivity contribution in [3.05, 3.63) is 102 Å². The minimum absolute atomic E-state index is 0.00668. The molecular formula is C40H45N9O4. The Morgan fingerprint density at radius 1 is 0.943 bits per heavy atom. The second-order valence-corrected chi connectivity index (χ2v) is 13.7. The number of likely N-dealkylation sites (N-methyl/N-ethyl adjacent to an activating group) is 1. The highest BCUT2D eigenvalue weighted by Gasteiger charge is 2.28. The Labute approximate surface area is 309 Å². The zero-order chi connectivity index (χ0) is 36.9. The van der Waals surface area contributed by atoms with Crippen molar-refractivity contribution in [1.82, 2.24) is 29.5 Å². The first-order chi connectivity index (χ1) is 25.7. The van der Waals surface area contributed by atoms with Crippen LogP contribution in [0.1, 0.15) is 35.2 Å². The molecular weight excluding hydrogens is 670 g/mol. The molecule has 5 aromatic rings. The molecule has 1 aliphatic heterocycles. The fraction of sp³-hybridized carbons (Fsp3) is 0.325. The number of anilines is 3. The van der Waals surface area contributed by atoms with Crippen molar-refractivity contribution < 1.29 is 19.1 Å². The van der Waals surface area contributed by atoms with E-state index >= 15 is 0 Å². The molecule has 4 heterocycles. The van der Waals surface area contributed by atoms with Crippen LogP contribution in [0.2, 0.25) is 0 Å². The number of ether oxygens (including phenoxy) is 2. The molecule has 0 spiro atoms. The molecule has 13 heteroatoms. The highest BCUT2D eigenvalue weighted by Crippen LogP contribution is 2.35. The first kappa shape index (κ1) is 35.5. The minimum Gasteiger partial charge on any atom is -0.497 e. The lowest BCUT2D eigenvalue weighted by molar-refractivity contribution is -0.125. The summed E-state index contributed by atoms with van der Waals surface area (Å²) >= 11 is 0. The largest absolute Gasteiger partial charge is 0.497 e. The number of likely N-dealkylation sites (tertiary alicyclic amines) is 1. The number of carbonyl (C=O) groups is 2. The number of amides is 2. The van der Waals surface area contributed by atoms with E-state index < -0.39 is 0 Å². The standard InChI is InChI=1S/C40H45N9O4/c1-46(2)31-17-20-41-35(24-31)44-40(51)28-9-15-33(16-10-28)53-34-18-21-42-39-37(34)38(45-49(39)25-27-7-13-32(52-4)14-8-27)43-29-19-23-48(26-29)36(50)6-5-22-47(3)30-11-12-30/h5-10,13-18,20-21,24,29-30H,11-12,19,22-23,25-26H2,1-4H3,(H,43,45)(H,41,44,51)/b6-5+. The molecule has 2 N–H and O–H groups in total. The summed E-state index contributed by atoms with van der Waals surface area (Å²) in [7, 11) is 7.61. The highest BCUT2D eigenvalue weighted by atomic mass is 16.5. The summed E-state index contributed by atoms with van der Waals surface area (Å²) in [5.74, 6) is 2.73. The topological polar surface area (TPSA) is 130 Å². The van der Waals surface area contributed by atoms with E-state index in [1.807, 2.05) is 77.1 Å². The third kappa shape index (κ3) is 8.58. The first-order valence-corrected chi connectivity index (χ1v) is 17.9. The average molecular weight is 716 g/mol. The molecule has 2 aromatic carbocycles. The number of aromatic nitrogens is 4. The zero-order valence-corrected chi connectivity index (χ0v) is 30.5.